The molecule has 1 amide bonds. The number of rotatable bonds is 6. The monoisotopic (exact) mass is 270 g/mol. The van der Waals surface area contributed by atoms with Crippen molar-refractivity contribution in [3.63, 3.8) is 0 Å². The standard InChI is InChI=1S/C15H18N4O/c1-12-3-5-13(6-4-12)11-14(20)16-9-10-19-15-17-7-2-8-18-15/h2-8H,9-11H2,1H3,(H,16,20)(H,17,18,19). The maximum Gasteiger partial charge on any atom is 0.224 e. The van der Waals surface area contributed by atoms with E-state index in [9.17, 15) is 4.79 Å². The summed E-state index contributed by atoms with van der Waals surface area (Å²) in [6.07, 6.45) is 3.75. The molecule has 0 bridgehead atoms. The van der Waals surface area contributed by atoms with Crippen LogP contribution in [0.3, 0.4) is 0 Å². The quantitative estimate of drug-likeness (QED) is 0.782. The van der Waals surface area contributed by atoms with E-state index in [1.807, 2.05) is 31.2 Å². The molecule has 2 rings (SSSR count). The van der Waals surface area contributed by atoms with Gasteiger partial charge in [0.15, 0.2) is 0 Å². The Kier molecular flexibility index (Phi) is 5.06. The molecule has 20 heavy (non-hydrogen) atoms. The molecule has 0 aliphatic rings. The molecular formula is C15H18N4O. The number of carbonyl (C=O) groups is 1. The Morgan fingerprint density at radius 1 is 1.10 bits per heavy atom. The lowest BCUT2D eigenvalue weighted by molar-refractivity contribution is -0.120. The summed E-state index contributed by atoms with van der Waals surface area (Å²) in [5.41, 5.74) is 2.22. The van der Waals surface area contributed by atoms with Crippen molar-refractivity contribution < 1.29 is 4.79 Å². The maximum absolute atomic E-state index is 11.7. The Morgan fingerprint density at radius 3 is 2.50 bits per heavy atom. The lowest BCUT2D eigenvalue weighted by Crippen LogP contribution is -2.30. The second-order valence-corrected chi connectivity index (χ2v) is 4.51. The van der Waals surface area contributed by atoms with E-state index in [0.29, 0.717) is 25.5 Å². The van der Waals surface area contributed by atoms with Gasteiger partial charge in [0.05, 0.1) is 6.42 Å². The van der Waals surface area contributed by atoms with Crippen molar-refractivity contribution in [3.05, 3.63) is 53.9 Å². The number of hydrogen-bond donors (Lipinski definition) is 2. The summed E-state index contributed by atoms with van der Waals surface area (Å²) < 4.78 is 0. The molecule has 1 aromatic carbocycles. The zero-order valence-corrected chi connectivity index (χ0v) is 11.5. The first-order chi connectivity index (χ1) is 9.74. The molecular weight excluding hydrogens is 252 g/mol. The van der Waals surface area contributed by atoms with Crippen LogP contribution in [0.1, 0.15) is 11.1 Å². The molecule has 5 nitrogen and oxygen atoms in total. The van der Waals surface area contributed by atoms with Crippen molar-refractivity contribution in [3.8, 4) is 0 Å². The number of aromatic nitrogens is 2. The molecule has 0 saturated heterocycles. The second-order valence-electron chi connectivity index (χ2n) is 4.51. The van der Waals surface area contributed by atoms with Crippen LogP contribution in [-0.4, -0.2) is 29.0 Å². The van der Waals surface area contributed by atoms with Gasteiger partial charge in [-0.3, -0.25) is 4.79 Å². The average Bonchev–Trinajstić information content (AvgIpc) is 2.47. The van der Waals surface area contributed by atoms with Crippen molar-refractivity contribution in [1.82, 2.24) is 15.3 Å². The third kappa shape index (κ3) is 4.68. The minimum atomic E-state index is 0.0182. The highest BCUT2D eigenvalue weighted by Gasteiger charge is 2.02. The second kappa shape index (κ2) is 7.23. The Morgan fingerprint density at radius 2 is 1.80 bits per heavy atom. The van der Waals surface area contributed by atoms with Gasteiger partial charge in [0.1, 0.15) is 0 Å². The third-order valence-corrected chi connectivity index (χ3v) is 2.78. The topological polar surface area (TPSA) is 66.9 Å². The van der Waals surface area contributed by atoms with Crippen LogP contribution >= 0.6 is 0 Å². The summed E-state index contributed by atoms with van der Waals surface area (Å²) in [4.78, 5) is 19.8. The largest absolute Gasteiger partial charge is 0.354 e. The number of amides is 1. The molecule has 0 atom stereocenters. The van der Waals surface area contributed by atoms with Crippen LogP contribution in [0.2, 0.25) is 0 Å². The van der Waals surface area contributed by atoms with Crippen LogP contribution in [0.15, 0.2) is 42.7 Å². The van der Waals surface area contributed by atoms with Crippen molar-refractivity contribution >= 4 is 11.9 Å². The van der Waals surface area contributed by atoms with E-state index >= 15 is 0 Å². The van der Waals surface area contributed by atoms with E-state index < -0.39 is 0 Å². The van der Waals surface area contributed by atoms with Crippen molar-refractivity contribution in [2.24, 2.45) is 0 Å². The third-order valence-electron chi connectivity index (χ3n) is 2.78. The Labute approximate surface area is 118 Å². The van der Waals surface area contributed by atoms with Gasteiger partial charge < -0.3 is 10.6 Å². The molecule has 2 aromatic rings. The van der Waals surface area contributed by atoms with Gasteiger partial charge in [0.25, 0.3) is 0 Å². The van der Waals surface area contributed by atoms with Gasteiger partial charge in [-0.1, -0.05) is 29.8 Å². The first kappa shape index (κ1) is 14.0. The SMILES string of the molecule is Cc1ccc(CC(=O)NCCNc2ncccn2)cc1. The van der Waals surface area contributed by atoms with Crippen LogP contribution < -0.4 is 10.6 Å². The predicted octanol–water partition coefficient (Wildman–Crippen LogP) is 1.56. The lowest BCUT2D eigenvalue weighted by Gasteiger charge is -2.07. The number of nitrogens with one attached hydrogen (secondary N) is 2. The molecule has 1 aromatic heterocycles. The zero-order valence-electron chi connectivity index (χ0n) is 11.5. The smallest absolute Gasteiger partial charge is 0.224 e. The maximum atomic E-state index is 11.7. The number of anilines is 1. The van der Waals surface area contributed by atoms with Crippen molar-refractivity contribution in [1.29, 1.82) is 0 Å². The molecule has 0 aliphatic carbocycles. The molecule has 104 valence electrons. The molecule has 0 saturated carbocycles. The fourth-order valence-corrected chi connectivity index (χ4v) is 1.72. The summed E-state index contributed by atoms with van der Waals surface area (Å²) in [6, 6.07) is 9.73. The summed E-state index contributed by atoms with van der Waals surface area (Å²) in [7, 11) is 0. The molecule has 2 N–H and O–H groups in total. The molecule has 0 aliphatic heterocycles. The van der Waals surface area contributed by atoms with Gasteiger partial charge in [-0.15, -0.1) is 0 Å². The summed E-state index contributed by atoms with van der Waals surface area (Å²) in [6.45, 7) is 3.17. The van der Waals surface area contributed by atoms with Crippen LogP contribution in [0.5, 0.6) is 0 Å². The zero-order chi connectivity index (χ0) is 14.2. The highest BCUT2D eigenvalue weighted by molar-refractivity contribution is 5.78. The summed E-state index contributed by atoms with van der Waals surface area (Å²) in [5.74, 6) is 0.588. The number of benzene rings is 1. The normalized spacial score (nSPS) is 10.1. The van der Waals surface area contributed by atoms with E-state index in [4.69, 9.17) is 0 Å². The van der Waals surface area contributed by atoms with E-state index in [1.165, 1.54) is 5.56 Å². The predicted molar refractivity (Wildman–Crippen MR) is 78.4 cm³/mol. The first-order valence-corrected chi connectivity index (χ1v) is 6.57. The summed E-state index contributed by atoms with van der Waals surface area (Å²) >= 11 is 0. The number of nitrogens with zero attached hydrogens (tertiary/aromatic N) is 2. The van der Waals surface area contributed by atoms with Crippen molar-refractivity contribution in [2.45, 2.75) is 13.3 Å². The average molecular weight is 270 g/mol. The number of aryl methyl sites for hydroxylation is 1. The van der Waals surface area contributed by atoms with Crippen molar-refractivity contribution in [2.75, 3.05) is 18.4 Å². The fourth-order valence-electron chi connectivity index (χ4n) is 1.72. The van der Waals surface area contributed by atoms with Gasteiger partial charge in [-0.25, -0.2) is 9.97 Å². The lowest BCUT2D eigenvalue weighted by atomic mass is 10.1. The molecule has 1 heterocycles. The van der Waals surface area contributed by atoms with Gasteiger partial charge in [0.2, 0.25) is 11.9 Å². The van der Waals surface area contributed by atoms with Crippen LogP contribution in [0.25, 0.3) is 0 Å². The minimum Gasteiger partial charge on any atom is -0.354 e. The molecule has 5 heteroatoms. The Bertz CT molecular complexity index is 540. The fraction of sp³-hybridized carbons (Fsp3) is 0.267. The molecule has 0 fully saturated rings. The van der Waals surface area contributed by atoms with E-state index in [-0.39, 0.29) is 5.91 Å². The highest BCUT2D eigenvalue weighted by atomic mass is 16.1. The molecule has 0 radical (unpaired) electrons. The number of hydrogen-bond acceptors (Lipinski definition) is 4. The Balaban J connectivity index is 1.66. The van der Waals surface area contributed by atoms with E-state index in [1.54, 1.807) is 18.5 Å². The minimum absolute atomic E-state index is 0.0182. The molecule has 0 unspecified atom stereocenters. The van der Waals surface area contributed by atoms with Gasteiger partial charge >= 0.3 is 0 Å². The Hall–Kier alpha value is -2.43. The van der Waals surface area contributed by atoms with Crippen LogP contribution in [0, 0.1) is 6.92 Å². The highest BCUT2D eigenvalue weighted by Crippen LogP contribution is 2.03. The van der Waals surface area contributed by atoms with Gasteiger partial charge in [-0.2, -0.15) is 0 Å². The van der Waals surface area contributed by atoms with Gasteiger partial charge in [-0.05, 0) is 18.6 Å². The number of carbonyl (C=O) groups excluding carboxylic acids is 1. The van der Waals surface area contributed by atoms with Crippen LogP contribution in [0.4, 0.5) is 5.95 Å². The van der Waals surface area contributed by atoms with E-state index in [2.05, 4.69) is 20.6 Å². The van der Waals surface area contributed by atoms with Gasteiger partial charge in [0, 0.05) is 25.5 Å². The van der Waals surface area contributed by atoms with E-state index in [0.717, 1.165) is 5.56 Å². The van der Waals surface area contributed by atoms with Crippen LogP contribution in [-0.2, 0) is 11.2 Å². The summed E-state index contributed by atoms with van der Waals surface area (Å²) in [5, 5.41) is 5.89. The first-order valence-electron chi connectivity index (χ1n) is 6.57. The molecule has 0 spiro atoms.